The van der Waals surface area contributed by atoms with E-state index in [0.717, 1.165) is 37.9 Å². The number of guanidine groups is 1. The lowest BCUT2D eigenvalue weighted by Gasteiger charge is -2.29. The zero-order valence-corrected chi connectivity index (χ0v) is 17.8. The van der Waals surface area contributed by atoms with E-state index >= 15 is 0 Å². The van der Waals surface area contributed by atoms with Crippen molar-refractivity contribution in [2.45, 2.75) is 39.5 Å². The number of benzene rings is 1. The fraction of sp³-hybridized carbons (Fsp3) is 0.636. The molecule has 1 aliphatic rings. The van der Waals surface area contributed by atoms with E-state index in [1.54, 1.807) is 12.1 Å². The monoisotopic (exact) mass is 405 g/mol. The van der Waals surface area contributed by atoms with Crippen molar-refractivity contribution < 1.29 is 9.18 Å². The normalized spacial score (nSPS) is 15.9. The van der Waals surface area contributed by atoms with Gasteiger partial charge in [-0.15, -0.1) is 0 Å². The van der Waals surface area contributed by atoms with Crippen LogP contribution in [-0.4, -0.2) is 62.6 Å². The molecule has 1 amide bonds. The van der Waals surface area contributed by atoms with Crippen molar-refractivity contribution >= 4 is 11.9 Å². The Bertz CT molecular complexity index is 644. The number of piperidine rings is 1. The van der Waals surface area contributed by atoms with Gasteiger partial charge >= 0.3 is 0 Å². The zero-order chi connectivity index (χ0) is 20.9. The lowest BCUT2D eigenvalue weighted by Crippen LogP contribution is -2.42. The molecule has 6 nitrogen and oxygen atoms in total. The largest absolute Gasteiger partial charge is 0.357 e. The highest BCUT2D eigenvalue weighted by atomic mass is 19.1. The van der Waals surface area contributed by atoms with Crippen LogP contribution in [0, 0.1) is 11.7 Å². The van der Waals surface area contributed by atoms with E-state index in [4.69, 9.17) is 0 Å². The number of nitrogens with one attached hydrogen (secondary N) is 3. The number of rotatable bonds is 10. The summed E-state index contributed by atoms with van der Waals surface area (Å²) in [5, 5.41) is 9.32. The number of hydrogen-bond donors (Lipinski definition) is 3. The number of carbonyl (C=O) groups is 1. The van der Waals surface area contributed by atoms with Crippen LogP contribution in [-0.2, 0) is 11.2 Å². The number of nitrogens with zero attached hydrogens (tertiary/aromatic N) is 2. The van der Waals surface area contributed by atoms with Crippen LogP contribution in [0.15, 0.2) is 29.3 Å². The van der Waals surface area contributed by atoms with Crippen molar-refractivity contribution in [1.82, 2.24) is 20.9 Å². The second-order valence-corrected chi connectivity index (χ2v) is 7.72. The minimum Gasteiger partial charge on any atom is -0.357 e. The molecule has 1 aromatic carbocycles. The maximum Gasteiger partial charge on any atom is 0.224 e. The maximum atomic E-state index is 13.2. The molecule has 7 heteroatoms. The van der Waals surface area contributed by atoms with Crippen LogP contribution < -0.4 is 16.0 Å². The van der Waals surface area contributed by atoms with Crippen LogP contribution in [0.25, 0.3) is 0 Å². The molecule has 0 spiro atoms. The molecule has 0 aliphatic carbocycles. The van der Waals surface area contributed by atoms with E-state index in [1.165, 1.54) is 38.1 Å². The molecule has 1 fully saturated rings. The summed E-state index contributed by atoms with van der Waals surface area (Å²) < 4.78 is 13.2. The van der Waals surface area contributed by atoms with Gasteiger partial charge in [0.1, 0.15) is 5.82 Å². The average Bonchev–Trinajstić information content (AvgIpc) is 2.69. The minimum atomic E-state index is -0.321. The summed E-state index contributed by atoms with van der Waals surface area (Å²) in [6, 6.07) is 6.13. The zero-order valence-electron chi connectivity index (χ0n) is 17.8. The van der Waals surface area contributed by atoms with Gasteiger partial charge in [-0.1, -0.05) is 19.1 Å². The van der Waals surface area contributed by atoms with Crippen LogP contribution >= 0.6 is 0 Å². The quantitative estimate of drug-likeness (QED) is 0.317. The van der Waals surface area contributed by atoms with Gasteiger partial charge < -0.3 is 20.9 Å². The Morgan fingerprint density at radius 3 is 2.69 bits per heavy atom. The van der Waals surface area contributed by atoms with Gasteiger partial charge in [-0.25, -0.2) is 4.39 Å². The Morgan fingerprint density at radius 1 is 1.21 bits per heavy atom. The predicted octanol–water partition coefficient (Wildman–Crippen LogP) is 2.16. The summed E-state index contributed by atoms with van der Waals surface area (Å²) >= 11 is 0. The first-order chi connectivity index (χ1) is 14.1. The number of carbonyl (C=O) groups excluding carboxylic acids is 1. The number of halogens is 1. The predicted molar refractivity (Wildman–Crippen MR) is 117 cm³/mol. The Hall–Kier alpha value is -2.15. The van der Waals surface area contributed by atoms with Crippen LogP contribution in [0.2, 0.25) is 0 Å². The highest BCUT2D eigenvalue weighted by Crippen LogP contribution is 2.15. The van der Waals surface area contributed by atoms with Crippen LogP contribution in [0.3, 0.4) is 0 Å². The highest BCUT2D eigenvalue weighted by molar-refractivity contribution is 5.80. The molecule has 0 bridgehead atoms. The Kier molecular flexibility index (Phi) is 10.5. The molecule has 1 aromatic rings. The second kappa shape index (κ2) is 13.1. The van der Waals surface area contributed by atoms with E-state index in [0.29, 0.717) is 18.7 Å². The van der Waals surface area contributed by atoms with Crippen molar-refractivity contribution in [2.75, 3.05) is 45.8 Å². The summed E-state index contributed by atoms with van der Waals surface area (Å²) in [7, 11) is 0. The molecule has 1 heterocycles. The van der Waals surface area contributed by atoms with Gasteiger partial charge in [-0.2, -0.15) is 0 Å². The second-order valence-electron chi connectivity index (χ2n) is 7.72. The molecule has 0 unspecified atom stereocenters. The van der Waals surface area contributed by atoms with Crippen LogP contribution in [0.4, 0.5) is 4.39 Å². The fourth-order valence-corrected chi connectivity index (χ4v) is 3.39. The molecule has 0 aromatic heterocycles. The molecule has 29 heavy (non-hydrogen) atoms. The van der Waals surface area contributed by atoms with Crippen molar-refractivity contribution in [3.8, 4) is 0 Å². The van der Waals surface area contributed by atoms with Gasteiger partial charge in [-0.3, -0.25) is 9.79 Å². The third-order valence-electron chi connectivity index (χ3n) is 5.12. The number of aliphatic imine (C=N–C) groups is 1. The third-order valence-corrected chi connectivity index (χ3v) is 5.12. The first-order valence-electron chi connectivity index (χ1n) is 10.8. The van der Waals surface area contributed by atoms with E-state index in [2.05, 4.69) is 32.8 Å². The maximum absolute atomic E-state index is 13.2. The lowest BCUT2D eigenvalue weighted by molar-refractivity contribution is -0.120. The fourth-order valence-electron chi connectivity index (χ4n) is 3.39. The van der Waals surface area contributed by atoms with E-state index in [1.807, 2.05) is 6.92 Å². The Labute approximate surface area is 174 Å². The van der Waals surface area contributed by atoms with Crippen molar-refractivity contribution in [1.29, 1.82) is 0 Å². The van der Waals surface area contributed by atoms with Gasteiger partial charge in [0.05, 0.1) is 6.42 Å². The molecule has 2 rings (SSSR count). The van der Waals surface area contributed by atoms with Gasteiger partial charge in [0.2, 0.25) is 5.91 Å². The molecule has 1 saturated heterocycles. The highest BCUT2D eigenvalue weighted by Gasteiger charge is 2.14. The van der Waals surface area contributed by atoms with Gasteiger partial charge in [-0.05, 0) is 69.4 Å². The molecular formula is C22H36FN5O. The Morgan fingerprint density at radius 2 is 1.97 bits per heavy atom. The minimum absolute atomic E-state index is 0.116. The molecule has 0 saturated carbocycles. The molecule has 162 valence electrons. The molecule has 0 atom stereocenters. The first-order valence-corrected chi connectivity index (χ1v) is 10.8. The smallest absolute Gasteiger partial charge is 0.224 e. The van der Waals surface area contributed by atoms with Gasteiger partial charge in [0.15, 0.2) is 5.96 Å². The van der Waals surface area contributed by atoms with Crippen molar-refractivity contribution in [3.05, 3.63) is 35.6 Å². The number of likely N-dealkylation sites (tertiary alicyclic amines) is 1. The van der Waals surface area contributed by atoms with E-state index < -0.39 is 0 Å². The van der Waals surface area contributed by atoms with Gasteiger partial charge in [0, 0.05) is 26.2 Å². The summed E-state index contributed by atoms with van der Waals surface area (Å²) in [4.78, 5) is 19.1. The van der Waals surface area contributed by atoms with Crippen LogP contribution in [0.5, 0.6) is 0 Å². The molecular weight excluding hydrogens is 369 g/mol. The molecule has 0 radical (unpaired) electrons. The summed E-state index contributed by atoms with van der Waals surface area (Å²) in [5.41, 5.74) is 0.675. The van der Waals surface area contributed by atoms with Crippen LogP contribution in [0.1, 0.15) is 38.7 Å². The average molecular weight is 406 g/mol. The topological polar surface area (TPSA) is 68.8 Å². The van der Waals surface area contributed by atoms with E-state index in [-0.39, 0.29) is 18.1 Å². The third kappa shape index (κ3) is 9.74. The summed E-state index contributed by atoms with van der Waals surface area (Å²) in [6.07, 6.45) is 3.84. The molecule has 3 N–H and O–H groups in total. The SMILES string of the molecule is CCNC(=NCCCN1CCC(C)CC1)NCCNC(=O)Cc1cccc(F)c1. The van der Waals surface area contributed by atoms with E-state index in [9.17, 15) is 9.18 Å². The standard InChI is InChI=1S/C22H36FN5O/c1-3-24-22(26-10-5-13-28-14-8-18(2)9-15-28)27-12-11-25-21(29)17-19-6-4-7-20(23)16-19/h4,6-7,16,18H,3,5,8-15,17H2,1-2H3,(H,25,29)(H2,24,26,27). The van der Waals surface area contributed by atoms with Crippen molar-refractivity contribution in [3.63, 3.8) is 0 Å². The number of hydrogen-bond acceptors (Lipinski definition) is 3. The number of amides is 1. The first kappa shape index (κ1) is 23.1. The summed E-state index contributed by atoms with van der Waals surface area (Å²) in [5.74, 6) is 1.20. The van der Waals surface area contributed by atoms with Crippen molar-refractivity contribution in [2.24, 2.45) is 10.9 Å². The summed E-state index contributed by atoms with van der Waals surface area (Å²) in [6.45, 7) is 10.5. The van der Waals surface area contributed by atoms with Gasteiger partial charge in [0.25, 0.3) is 0 Å². The lowest BCUT2D eigenvalue weighted by atomic mass is 9.99. The Balaban J connectivity index is 1.61. The molecule has 1 aliphatic heterocycles.